The highest BCUT2D eigenvalue weighted by molar-refractivity contribution is 6.23. The van der Waals surface area contributed by atoms with E-state index in [2.05, 4.69) is 0 Å². The van der Waals surface area contributed by atoms with Crippen molar-refractivity contribution in [3.63, 3.8) is 0 Å². The molecule has 0 spiro atoms. The number of benzene rings is 7. The minimum atomic E-state index is -0.480. The molecule has 44 heavy (non-hydrogen) atoms. The predicted molar refractivity (Wildman–Crippen MR) is 186 cm³/mol. The van der Waals surface area contributed by atoms with Crippen molar-refractivity contribution >= 4 is 43.6 Å². The Balaban J connectivity index is 1.59. The lowest BCUT2D eigenvalue weighted by Crippen LogP contribution is -1.99. The summed E-state index contributed by atoms with van der Waals surface area (Å²) < 4.78 is 93.9. The minimum Gasteiger partial charge on any atom is -0.307 e. The highest BCUT2D eigenvalue weighted by atomic mass is 15.0. The molecule has 0 aliphatic rings. The molecule has 0 aliphatic heterocycles. The first kappa shape index (κ1) is 16.7. The van der Waals surface area contributed by atoms with E-state index >= 15 is 0 Å². The van der Waals surface area contributed by atoms with Crippen LogP contribution >= 0.6 is 0 Å². The summed E-state index contributed by atoms with van der Waals surface area (Å²) in [6.07, 6.45) is 0. The lowest BCUT2D eigenvalue weighted by Gasteiger charge is -2.14. The molecule has 0 aliphatic carbocycles. The smallest absolute Gasteiger partial charge is 0.0788 e. The molecule has 0 fully saturated rings. The van der Waals surface area contributed by atoms with Gasteiger partial charge in [-0.1, -0.05) is 133 Å². The Morgan fingerprint density at radius 3 is 1.23 bits per heavy atom. The van der Waals surface area contributed by atoms with Gasteiger partial charge in [-0.15, -0.1) is 0 Å². The van der Waals surface area contributed by atoms with Gasteiger partial charge in [0.25, 0.3) is 0 Å². The molecule has 0 unspecified atom stereocenters. The van der Waals surface area contributed by atoms with Gasteiger partial charge in [-0.25, -0.2) is 0 Å². The Labute approximate surface area is 269 Å². The van der Waals surface area contributed by atoms with Crippen LogP contribution in [0.25, 0.3) is 77.2 Å². The summed E-state index contributed by atoms with van der Waals surface area (Å²) in [5, 5.41) is 0.350. The van der Waals surface area contributed by atoms with Crippen LogP contribution in [0.2, 0.25) is 0 Å². The molecule has 0 N–H and O–H groups in total. The van der Waals surface area contributed by atoms with Crippen LogP contribution in [0.1, 0.15) is 13.7 Å². The third-order valence-electron chi connectivity index (χ3n) is 8.16. The number of para-hydroxylation sites is 2. The third kappa shape index (κ3) is 3.75. The fourth-order valence-corrected chi connectivity index (χ4v) is 6.24. The number of hydrogen-bond acceptors (Lipinski definition) is 0. The van der Waals surface area contributed by atoms with E-state index in [9.17, 15) is 5.48 Å². The van der Waals surface area contributed by atoms with E-state index in [1.165, 1.54) is 0 Å². The number of hydrogen-bond donors (Lipinski definition) is 0. The molecule has 0 saturated heterocycles. The van der Waals surface area contributed by atoms with Gasteiger partial charge in [0.15, 0.2) is 0 Å². The maximum atomic E-state index is 9.50. The van der Waals surface area contributed by atoms with Gasteiger partial charge in [-0.05, 0) is 58.6 Å². The van der Waals surface area contributed by atoms with Crippen molar-refractivity contribution in [2.24, 2.45) is 0 Å². The quantitative estimate of drug-likeness (QED) is 0.199. The van der Waals surface area contributed by atoms with Gasteiger partial charge >= 0.3 is 0 Å². The van der Waals surface area contributed by atoms with Gasteiger partial charge in [0, 0.05) is 32.9 Å². The Kier molecular flexibility index (Phi) is 3.74. The zero-order chi connectivity index (χ0) is 37.7. The molecule has 206 valence electrons. The van der Waals surface area contributed by atoms with E-state index in [1.807, 2.05) is 109 Å². The van der Waals surface area contributed by atoms with Gasteiger partial charge < -0.3 is 9.13 Å². The van der Waals surface area contributed by atoms with Crippen molar-refractivity contribution in [1.82, 2.24) is 9.13 Å². The van der Waals surface area contributed by atoms with Crippen LogP contribution in [0.4, 0.5) is 0 Å². The average Bonchev–Trinajstić information content (AvgIpc) is 3.76. The minimum absolute atomic E-state index is 0.0657. The zero-order valence-corrected chi connectivity index (χ0v) is 23.3. The van der Waals surface area contributed by atoms with Crippen molar-refractivity contribution in [2.75, 3.05) is 0 Å². The Hall–Kier alpha value is -5.86. The van der Waals surface area contributed by atoms with Gasteiger partial charge in [0.05, 0.1) is 35.8 Å². The highest BCUT2D eigenvalue weighted by Gasteiger charge is 2.21. The van der Waals surface area contributed by atoms with Crippen molar-refractivity contribution in [2.45, 2.75) is 0 Å². The van der Waals surface area contributed by atoms with E-state index < -0.39 is 24.2 Å². The SMILES string of the molecule is [2H]c1c([2H])c([2H])c2c(c1[2H])c1c([2H])c([2H])c3c4c([2H])c([2H])c([2H])c([2H])c4n(-c4cccc(-c5ccccc5)c4)c3c1n2-c1cccc(-c2ccccc2)c1. The molecule has 0 radical (unpaired) electrons. The Morgan fingerprint density at radius 2 is 0.773 bits per heavy atom. The van der Waals surface area contributed by atoms with Gasteiger partial charge in [0.2, 0.25) is 0 Å². The van der Waals surface area contributed by atoms with Crippen LogP contribution < -0.4 is 0 Å². The predicted octanol–water partition coefficient (Wildman–Crippen LogP) is 11.2. The maximum absolute atomic E-state index is 9.50. The highest BCUT2D eigenvalue weighted by Crippen LogP contribution is 2.42. The first-order chi connectivity index (χ1) is 26.0. The van der Waals surface area contributed by atoms with Crippen molar-refractivity contribution < 1.29 is 13.7 Å². The number of fused-ring (bicyclic) bond motifs is 7. The molecule has 2 heterocycles. The molecular formula is C42H28N2. The second kappa shape index (κ2) is 9.86. The Morgan fingerprint density at radius 1 is 0.364 bits per heavy atom. The fraction of sp³-hybridized carbons (Fsp3) is 0. The lowest BCUT2D eigenvalue weighted by molar-refractivity contribution is 1.15. The van der Waals surface area contributed by atoms with Crippen LogP contribution in [0.5, 0.6) is 0 Å². The molecule has 7 aromatic carbocycles. The zero-order valence-electron chi connectivity index (χ0n) is 33.3. The molecule has 0 atom stereocenters. The summed E-state index contributed by atoms with van der Waals surface area (Å²) in [4.78, 5) is 0. The summed E-state index contributed by atoms with van der Waals surface area (Å²) in [5.41, 5.74) is 5.30. The number of aromatic nitrogens is 2. The summed E-state index contributed by atoms with van der Waals surface area (Å²) in [6, 6.07) is 30.5. The van der Waals surface area contributed by atoms with Crippen LogP contribution in [0.3, 0.4) is 0 Å². The fourth-order valence-electron chi connectivity index (χ4n) is 6.24. The first-order valence-electron chi connectivity index (χ1n) is 19.3. The summed E-state index contributed by atoms with van der Waals surface area (Å²) in [6.45, 7) is 0. The molecule has 2 aromatic heterocycles. The van der Waals surface area contributed by atoms with Crippen LogP contribution in [0.15, 0.2) is 170 Å². The van der Waals surface area contributed by atoms with Crippen LogP contribution in [0, 0.1) is 0 Å². The number of rotatable bonds is 4. The van der Waals surface area contributed by atoms with Gasteiger partial charge in [-0.3, -0.25) is 0 Å². The molecule has 0 amide bonds. The molecule has 2 heteroatoms. The lowest BCUT2D eigenvalue weighted by atomic mass is 10.0. The monoisotopic (exact) mass is 570 g/mol. The van der Waals surface area contributed by atoms with Crippen molar-refractivity contribution in [1.29, 1.82) is 0 Å². The molecule has 0 bridgehead atoms. The van der Waals surface area contributed by atoms with Crippen LogP contribution in [-0.2, 0) is 0 Å². The largest absolute Gasteiger partial charge is 0.307 e. The van der Waals surface area contributed by atoms with Gasteiger partial charge in [0.1, 0.15) is 0 Å². The average molecular weight is 571 g/mol. The van der Waals surface area contributed by atoms with Crippen molar-refractivity contribution in [3.05, 3.63) is 170 Å². The van der Waals surface area contributed by atoms with Crippen molar-refractivity contribution in [3.8, 4) is 33.6 Å². The van der Waals surface area contributed by atoms with E-state index in [-0.39, 0.29) is 79.9 Å². The molecular weight excluding hydrogens is 532 g/mol. The van der Waals surface area contributed by atoms with Gasteiger partial charge in [-0.2, -0.15) is 0 Å². The summed E-state index contributed by atoms with van der Waals surface area (Å²) in [5.74, 6) is 0. The van der Waals surface area contributed by atoms with E-state index in [4.69, 9.17) is 8.22 Å². The normalized spacial score (nSPS) is 14.8. The Bertz CT molecular complexity index is 2840. The molecule has 0 saturated carbocycles. The molecule has 9 aromatic rings. The molecule has 9 rings (SSSR count). The van der Waals surface area contributed by atoms with Crippen LogP contribution in [-0.4, -0.2) is 9.13 Å². The second-order valence-corrected chi connectivity index (χ2v) is 10.6. The summed E-state index contributed by atoms with van der Waals surface area (Å²) >= 11 is 0. The van der Waals surface area contributed by atoms with E-state index in [0.29, 0.717) is 11.4 Å². The van der Waals surface area contributed by atoms with E-state index in [0.717, 1.165) is 22.3 Å². The third-order valence-corrected chi connectivity index (χ3v) is 8.16. The summed E-state index contributed by atoms with van der Waals surface area (Å²) in [7, 11) is 0. The molecule has 2 nitrogen and oxygen atoms in total. The maximum Gasteiger partial charge on any atom is 0.0788 e. The first-order valence-corrected chi connectivity index (χ1v) is 14.3. The van der Waals surface area contributed by atoms with E-state index in [1.54, 1.807) is 9.13 Å². The standard InChI is InChI=1S/C42H28N2/c1-3-13-29(14-4-1)31-17-11-19-33(27-31)43-39-23-9-7-21-35(39)37-25-26-38-36-22-8-10-24-40(36)44(42(38)41(37)43)34-20-12-18-32(28-34)30-15-5-2-6-16-30/h1-28H/i7D,8D,9D,10D,21D,22D,23D,24D,25D,26D. The number of nitrogens with zero attached hydrogens (tertiary/aromatic N) is 2. The second-order valence-electron chi connectivity index (χ2n) is 10.6. The topological polar surface area (TPSA) is 9.86 Å².